The zero-order valence-corrected chi connectivity index (χ0v) is 17.6. The van der Waals surface area contributed by atoms with Crippen LogP contribution in [0.3, 0.4) is 0 Å². The lowest BCUT2D eigenvalue weighted by molar-refractivity contribution is -0.702. The van der Waals surface area contributed by atoms with Crippen LogP contribution in [0.25, 0.3) is 10.9 Å². The molecule has 0 saturated carbocycles. The highest BCUT2D eigenvalue weighted by Crippen LogP contribution is 2.25. The Kier molecular flexibility index (Phi) is 5.88. The van der Waals surface area contributed by atoms with E-state index in [-0.39, 0.29) is 11.6 Å². The van der Waals surface area contributed by atoms with Gasteiger partial charge in [-0.1, -0.05) is 56.3 Å². The molecule has 0 bridgehead atoms. The summed E-state index contributed by atoms with van der Waals surface area (Å²) in [5, 5.41) is 4.99. The van der Waals surface area contributed by atoms with E-state index in [1.54, 1.807) is 11.3 Å². The summed E-state index contributed by atoms with van der Waals surface area (Å²) in [7, 11) is 0. The molecule has 2 heterocycles. The number of hydrogen-bond donors (Lipinski definition) is 2. The fourth-order valence-corrected chi connectivity index (χ4v) is 4.46. The molecule has 0 aliphatic rings. The monoisotopic (exact) mass is 404 g/mol. The summed E-state index contributed by atoms with van der Waals surface area (Å²) in [4.78, 5) is 21.2. The quantitative estimate of drug-likeness (QED) is 0.481. The van der Waals surface area contributed by atoms with E-state index in [9.17, 15) is 4.79 Å². The minimum absolute atomic E-state index is 0.0791. The number of aromatic nitrogens is 2. The molecule has 0 fully saturated rings. The highest BCUT2D eigenvalue weighted by Gasteiger charge is 2.20. The van der Waals surface area contributed by atoms with Crippen LogP contribution < -0.4 is 10.9 Å². The van der Waals surface area contributed by atoms with Gasteiger partial charge in [0, 0.05) is 5.56 Å². The summed E-state index contributed by atoms with van der Waals surface area (Å²) in [5.41, 5.74) is 3.30. The molecule has 0 saturated heterocycles. The van der Waals surface area contributed by atoms with Gasteiger partial charge in [0.05, 0.1) is 15.8 Å². The third-order valence-electron chi connectivity index (χ3n) is 5.54. The van der Waals surface area contributed by atoms with Gasteiger partial charge in [0.15, 0.2) is 5.82 Å². The summed E-state index contributed by atoms with van der Waals surface area (Å²) < 4.78 is 0. The molecule has 0 amide bonds. The molecule has 4 nitrogen and oxygen atoms in total. The Morgan fingerprint density at radius 3 is 2.52 bits per heavy atom. The van der Waals surface area contributed by atoms with Crippen molar-refractivity contribution < 1.29 is 5.32 Å². The molecule has 5 heteroatoms. The van der Waals surface area contributed by atoms with Crippen LogP contribution in [-0.4, -0.2) is 9.97 Å². The van der Waals surface area contributed by atoms with Crippen molar-refractivity contribution in [3.05, 3.63) is 98.2 Å². The molecule has 4 aromatic rings. The van der Waals surface area contributed by atoms with Crippen LogP contribution in [0.2, 0.25) is 0 Å². The SMILES string of the molecule is CC[C@@H](C)c1ccc([C@H]([NH2+]Cc2nc3ccccc3c(=O)[nH]2)c2cccs2)cc1. The highest BCUT2D eigenvalue weighted by molar-refractivity contribution is 7.10. The van der Waals surface area contributed by atoms with Crippen LogP contribution in [0.1, 0.15) is 54.1 Å². The average molecular weight is 405 g/mol. The lowest BCUT2D eigenvalue weighted by Crippen LogP contribution is -2.84. The van der Waals surface area contributed by atoms with E-state index < -0.39 is 0 Å². The molecule has 148 valence electrons. The van der Waals surface area contributed by atoms with Gasteiger partial charge in [-0.15, -0.1) is 11.3 Å². The van der Waals surface area contributed by atoms with Gasteiger partial charge in [-0.2, -0.15) is 0 Å². The van der Waals surface area contributed by atoms with Crippen molar-refractivity contribution in [3.63, 3.8) is 0 Å². The summed E-state index contributed by atoms with van der Waals surface area (Å²) in [6.07, 6.45) is 1.14. The number of hydrogen-bond acceptors (Lipinski definition) is 3. The topological polar surface area (TPSA) is 62.4 Å². The number of para-hydroxylation sites is 1. The Morgan fingerprint density at radius 1 is 1.03 bits per heavy atom. The average Bonchev–Trinajstić information content (AvgIpc) is 3.28. The van der Waals surface area contributed by atoms with Crippen molar-refractivity contribution in [1.29, 1.82) is 0 Å². The van der Waals surface area contributed by atoms with Gasteiger partial charge < -0.3 is 10.3 Å². The van der Waals surface area contributed by atoms with E-state index >= 15 is 0 Å². The zero-order valence-electron chi connectivity index (χ0n) is 16.8. The van der Waals surface area contributed by atoms with Crippen LogP contribution in [0, 0.1) is 0 Å². The molecule has 0 aliphatic heterocycles. The summed E-state index contributed by atoms with van der Waals surface area (Å²) in [6.45, 7) is 5.09. The molecule has 4 rings (SSSR count). The molecule has 2 atom stereocenters. The first kappa shape index (κ1) is 19.6. The third kappa shape index (κ3) is 4.31. The Hall–Kier alpha value is -2.76. The molecule has 2 aromatic carbocycles. The lowest BCUT2D eigenvalue weighted by atomic mass is 9.95. The van der Waals surface area contributed by atoms with E-state index in [4.69, 9.17) is 0 Å². The molecule has 0 radical (unpaired) electrons. The predicted octanol–water partition coefficient (Wildman–Crippen LogP) is 4.35. The predicted molar refractivity (Wildman–Crippen MR) is 119 cm³/mol. The Labute approximate surface area is 174 Å². The van der Waals surface area contributed by atoms with Crippen molar-refractivity contribution in [1.82, 2.24) is 9.97 Å². The number of benzene rings is 2. The van der Waals surface area contributed by atoms with Crippen molar-refractivity contribution in [2.45, 2.75) is 38.8 Å². The fourth-order valence-electron chi connectivity index (χ4n) is 3.61. The van der Waals surface area contributed by atoms with Gasteiger partial charge >= 0.3 is 0 Å². The Bertz CT molecular complexity index is 1130. The number of nitrogens with zero attached hydrogens (tertiary/aromatic N) is 1. The van der Waals surface area contributed by atoms with Gasteiger partial charge in [-0.25, -0.2) is 4.98 Å². The first-order chi connectivity index (χ1) is 14.2. The van der Waals surface area contributed by atoms with Crippen LogP contribution in [0.5, 0.6) is 0 Å². The van der Waals surface area contributed by atoms with Gasteiger partial charge in [0.25, 0.3) is 5.56 Å². The minimum Gasteiger partial charge on any atom is -0.329 e. The highest BCUT2D eigenvalue weighted by atomic mass is 32.1. The Morgan fingerprint density at radius 2 is 1.79 bits per heavy atom. The number of aromatic amines is 1. The van der Waals surface area contributed by atoms with Crippen molar-refractivity contribution >= 4 is 22.2 Å². The number of nitrogens with one attached hydrogen (secondary N) is 1. The molecule has 2 aromatic heterocycles. The number of fused-ring (bicyclic) bond motifs is 1. The lowest BCUT2D eigenvalue weighted by Gasteiger charge is -2.16. The fraction of sp³-hybridized carbons (Fsp3) is 0.250. The van der Waals surface area contributed by atoms with Gasteiger partial charge in [0.1, 0.15) is 12.6 Å². The van der Waals surface area contributed by atoms with Crippen LogP contribution >= 0.6 is 11.3 Å². The maximum atomic E-state index is 12.4. The van der Waals surface area contributed by atoms with E-state index in [0.717, 1.165) is 11.9 Å². The maximum Gasteiger partial charge on any atom is 0.258 e. The molecule has 3 N–H and O–H groups in total. The smallest absolute Gasteiger partial charge is 0.258 e. The standard InChI is InChI=1S/C24H25N3OS/c1-3-16(2)17-10-12-18(13-11-17)23(21-9-6-14-29-21)25-15-22-26-20-8-5-4-7-19(20)24(28)27-22/h4-14,16,23,25H,3,15H2,1-2H3,(H,26,27,28)/p+1/t16-,23+/m1/s1. The minimum atomic E-state index is -0.0791. The van der Waals surface area contributed by atoms with Crippen molar-refractivity contribution in [2.75, 3.05) is 0 Å². The largest absolute Gasteiger partial charge is 0.329 e. The second-order valence-corrected chi connectivity index (χ2v) is 8.42. The normalized spacial score (nSPS) is 13.4. The maximum absolute atomic E-state index is 12.4. The summed E-state index contributed by atoms with van der Waals surface area (Å²) >= 11 is 1.76. The van der Waals surface area contributed by atoms with Gasteiger partial charge in [-0.3, -0.25) is 4.79 Å². The van der Waals surface area contributed by atoms with E-state index in [0.29, 0.717) is 23.7 Å². The molecular weight excluding hydrogens is 378 g/mol. The number of H-pyrrole nitrogens is 1. The third-order valence-corrected chi connectivity index (χ3v) is 6.49. The van der Waals surface area contributed by atoms with Crippen molar-refractivity contribution in [3.8, 4) is 0 Å². The second-order valence-electron chi connectivity index (χ2n) is 7.44. The van der Waals surface area contributed by atoms with Crippen LogP contribution in [0.15, 0.2) is 70.8 Å². The first-order valence-corrected chi connectivity index (χ1v) is 11.0. The molecule has 0 unspecified atom stereocenters. The summed E-state index contributed by atoms with van der Waals surface area (Å²) in [5.74, 6) is 1.27. The molecule has 0 spiro atoms. The number of thiophene rings is 1. The van der Waals surface area contributed by atoms with Crippen molar-refractivity contribution in [2.24, 2.45) is 0 Å². The van der Waals surface area contributed by atoms with E-state index in [1.165, 1.54) is 16.0 Å². The van der Waals surface area contributed by atoms with Gasteiger partial charge in [0.2, 0.25) is 0 Å². The number of quaternary nitrogens is 1. The molecule has 29 heavy (non-hydrogen) atoms. The first-order valence-electron chi connectivity index (χ1n) is 10.1. The number of rotatable bonds is 7. The van der Waals surface area contributed by atoms with E-state index in [2.05, 4.69) is 70.9 Å². The van der Waals surface area contributed by atoms with Gasteiger partial charge in [-0.05, 0) is 41.5 Å². The zero-order chi connectivity index (χ0) is 20.2. The molecule has 0 aliphatic carbocycles. The van der Waals surface area contributed by atoms with E-state index in [1.807, 2.05) is 24.3 Å². The Balaban J connectivity index is 1.60. The van der Waals surface area contributed by atoms with Crippen LogP contribution in [0.4, 0.5) is 0 Å². The van der Waals surface area contributed by atoms with Crippen LogP contribution in [-0.2, 0) is 6.54 Å². The molecular formula is C24H26N3OS+. The second kappa shape index (κ2) is 8.72. The number of nitrogens with two attached hydrogens (primary N) is 1. The summed E-state index contributed by atoms with van der Waals surface area (Å²) in [6, 6.07) is 20.9.